The molecule has 0 amide bonds. The molecule has 2 rings (SSSR count). The molecule has 0 spiro atoms. The second kappa shape index (κ2) is 9.41. The van der Waals surface area contributed by atoms with Crippen molar-refractivity contribution in [1.82, 2.24) is 0 Å². The van der Waals surface area contributed by atoms with Gasteiger partial charge in [0.1, 0.15) is 0 Å². The van der Waals surface area contributed by atoms with E-state index in [2.05, 4.69) is 35.7 Å². The fraction of sp³-hybridized carbons (Fsp3) is 0.417. The molecule has 6 nitrogen and oxygen atoms in total. The van der Waals surface area contributed by atoms with Gasteiger partial charge < -0.3 is 0 Å². The molecule has 0 radical (unpaired) electrons. The summed E-state index contributed by atoms with van der Waals surface area (Å²) in [6.45, 7) is 15.6. The topological polar surface area (TPSA) is 71.1 Å². The summed E-state index contributed by atoms with van der Waals surface area (Å²) in [6.07, 6.45) is 0.682. The molecular formula is C24H30O6. The van der Waals surface area contributed by atoms with E-state index in [1.165, 1.54) is 0 Å². The monoisotopic (exact) mass is 414 g/mol. The van der Waals surface area contributed by atoms with Crippen LogP contribution < -0.4 is 0 Å². The van der Waals surface area contributed by atoms with Gasteiger partial charge in [0.25, 0.3) is 0 Å². The van der Waals surface area contributed by atoms with Gasteiger partial charge in [-0.25, -0.2) is 9.59 Å². The maximum absolute atomic E-state index is 12.6. The molecule has 2 aromatic carbocycles. The maximum Gasteiger partial charge on any atom is 0.377 e. The van der Waals surface area contributed by atoms with Crippen molar-refractivity contribution in [3.05, 3.63) is 68.8 Å². The highest BCUT2D eigenvalue weighted by Gasteiger charge is 2.23. The molecule has 0 saturated heterocycles. The molecular weight excluding hydrogens is 384 g/mol. The van der Waals surface area contributed by atoms with E-state index in [-0.39, 0.29) is 5.41 Å². The van der Waals surface area contributed by atoms with Gasteiger partial charge in [0.05, 0.1) is 11.1 Å². The zero-order valence-corrected chi connectivity index (χ0v) is 19.0. The first-order valence-corrected chi connectivity index (χ1v) is 9.83. The Morgan fingerprint density at radius 1 is 0.700 bits per heavy atom. The third-order valence-electron chi connectivity index (χ3n) is 4.61. The Bertz CT molecular complexity index is 930. The Hall–Kier alpha value is -2.70. The zero-order valence-electron chi connectivity index (χ0n) is 19.0. The summed E-state index contributed by atoms with van der Waals surface area (Å²) >= 11 is 0. The van der Waals surface area contributed by atoms with E-state index in [4.69, 9.17) is 4.89 Å². The molecule has 2 aromatic rings. The highest BCUT2D eigenvalue weighted by molar-refractivity contribution is 5.93. The number of rotatable bonds is 6. The van der Waals surface area contributed by atoms with E-state index in [1.54, 1.807) is 13.8 Å². The molecule has 6 heteroatoms. The van der Waals surface area contributed by atoms with Gasteiger partial charge in [-0.15, -0.1) is 0 Å². The second-order valence-corrected chi connectivity index (χ2v) is 9.00. The molecule has 0 unspecified atom stereocenters. The lowest BCUT2D eigenvalue weighted by Gasteiger charge is -2.21. The average Bonchev–Trinajstić information content (AvgIpc) is 2.55. The smallest absolute Gasteiger partial charge is 0.260 e. The first-order valence-electron chi connectivity index (χ1n) is 9.83. The summed E-state index contributed by atoms with van der Waals surface area (Å²) in [6, 6.07) is 7.58. The lowest BCUT2D eigenvalue weighted by Crippen LogP contribution is -2.17. The molecule has 0 bridgehead atoms. The number of carbonyl (C=O) groups is 2. The van der Waals surface area contributed by atoms with Gasteiger partial charge in [0.15, 0.2) is 0 Å². The van der Waals surface area contributed by atoms with Crippen LogP contribution in [0.4, 0.5) is 0 Å². The molecule has 0 aliphatic carbocycles. The Labute approximate surface area is 177 Å². The van der Waals surface area contributed by atoms with Crippen molar-refractivity contribution in [2.24, 2.45) is 5.41 Å². The summed E-state index contributed by atoms with van der Waals surface area (Å²) in [5, 5.41) is 8.82. The van der Waals surface area contributed by atoms with Crippen LogP contribution in [-0.2, 0) is 26.3 Å². The maximum atomic E-state index is 12.6. The minimum atomic E-state index is -0.735. The lowest BCUT2D eigenvalue weighted by atomic mass is 9.84. The van der Waals surface area contributed by atoms with Crippen LogP contribution in [-0.4, -0.2) is 11.9 Å². The predicted molar refractivity (Wildman–Crippen MR) is 113 cm³/mol. The van der Waals surface area contributed by atoms with Gasteiger partial charge in [-0.1, -0.05) is 56.2 Å². The van der Waals surface area contributed by atoms with E-state index in [0.717, 1.165) is 33.4 Å². The first kappa shape index (κ1) is 23.6. The molecule has 0 saturated carbocycles. The molecule has 0 atom stereocenters. The van der Waals surface area contributed by atoms with Crippen molar-refractivity contribution < 1.29 is 29.4 Å². The van der Waals surface area contributed by atoms with Gasteiger partial charge >= 0.3 is 11.9 Å². The number of benzene rings is 2. The highest BCUT2D eigenvalue weighted by atomic mass is 17.7. The average molecular weight is 414 g/mol. The summed E-state index contributed by atoms with van der Waals surface area (Å²) < 4.78 is 0. The molecule has 162 valence electrons. The standard InChI is InChI=1S/C24H30O6/c1-14-9-16(3)20(17(4)10-14)22(25)27-29-30-28-23(26)21-18(5)11-15(2)12-19(21)13-24(6,7)8/h9-12H,13H2,1-8H3. The Morgan fingerprint density at radius 3 is 1.57 bits per heavy atom. The summed E-state index contributed by atoms with van der Waals surface area (Å²) in [5.74, 6) is -1.45. The molecule has 30 heavy (non-hydrogen) atoms. The first-order chi connectivity index (χ1) is 13.9. The predicted octanol–water partition coefficient (Wildman–Crippen LogP) is 5.61. The van der Waals surface area contributed by atoms with Gasteiger partial charge in [-0.05, 0) is 68.7 Å². The van der Waals surface area contributed by atoms with Crippen LogP contribution in [0.15, 0.2) is 24.3 Å². The lowest BCUT2D eigenvalue weighted by molar-refractivity contribution is -0.595. The summed E-state index contributed by atoms with van der Waals surface area (Å²) in [4.78, 5) is 34.2. The molecule has 0 N–H and O–H groups in total. The fourth-order valence-electron chi connectivity index (χ4n) is 3.73. The quantitative estimate of drug-likeness (QED) is 0.348. The number of hydrogen-bond acceptors (Lipinski definition) is 6. The van der Waals surface area contributed by atoms with Gasteiger partial charge in [-0.3, -0.25) is 9.78 Å². The third-order valence-corrected chi connectivity index (χ3v) is 4.61. The van der Waals surface area contributed by atoms with Crippen molar-refractivity contribution in [3.63, 3.8) is 0 Å². The SMILES string of the molecule is Cc1cc(C)c(C(=O)OOOOC(=O)c2c(C)cc(C)cc2CC(C)(C)C)c(C)c1. The van der Waals surface area contributed by atoms with E-state index in [1.807, 2.05) is 45.0 Å². The molecule has 0 fully saturated rings. The van der Waals surface area contributed by atoms with Crippen LogP contribution in [0.2, 0.25) is 0 Å². The minimum absolute atomic E-state index is 0.0219. The van der Waals surface area contributed by atoms with Gasteiger partial charge in [-0.2, -0.15) is 0 Å². The highest BCUT2D eigenvalue weighted by Crippen LogP contribution is 2.27. The number of carbonyl (C=O) groups excluding carboxylic acids is 2. The van der Waals surface area contributed by atoms with E-state index in [9.17, 15) is 9.59 Å². The van der Waals surface area contributed by atoms with E-state index >= 15 is 0 Å². The fourth-order valence-corrected chi connectivity index (χ4v) is 3.73. The van der Waals surface area contributed by atoms with Crippen molar-refractivity contribution in [2.45, 2.75) is 61.8 Å². The van der Waals surface area contributed by atoms with Crippen molar-refractivity contribution in [1.29, 1.82) is 0 Å². The Kier molecular flexibility index (Phi) is 7.39. The van der Waals surface area contributed by atoms with Crippen molar-refractivity contribution in [2.75, 3.05) is 0 Å². The molecule has 0 aromatic heterocycles. The van der Waals surface area contributed by atoms with Gasteiger partial charge in [0, 0.05) is 10.1 Å². The van der Waals surface area contributed by atoms with Crippen molar-refractivity contribution >= 4 is 11.9 Å². The van der Waals surface area contributed by atoms with E-state index in [0.29, 0.717) is 17.5 Å². The number of hydrogen-bond donors (Lipinski definition) is 0. The largest absolute Gasteiger partial charge is 0.377 e. The van der Waals surface area contributed by atoms with Crippen LogP contribution in [0.25, 0.3) is 0 Å². The number of aryl methyl sites for hydroxylation is 5. The molecule has 0 heterocycles. The van der Waals surface area contributed by atoms with Crippen LogP contribution in [0, 0.1) is 40.0 Å². The summed E-state index contributed by atoms with van der Waals surface area (Å²) in [5.41, 5.74) is 5.98. The second-order valence-electron chi connectivity index (χ2n) is 9.00. The Morgan fingerprint density at radius 2 is 1.10 bits per heavy atom. The van der Waals surface area contributed by atoms with Crippen LogP contribution in [0.5, 0.6) is 0 Å². The molecule has 0 aliphatic heterocycles. The normalized spacial score (nSPS) is 11.3. The molecule has 0 aliphatic rings. The summed E-state index contributed by atoms with van der Waals surface area (Å²) in [7, 11) is 0. The van der Waals surface area contributed by atoms with Gasteiger partial charge in [0.2, 0.25) is 0 Å². The van der Waals surface area contributed by atoms with Crippen molar-refractivity contribution in [3.8, 4) is 0 Å². The Balaban J connectivity index is 2.03. The van der Waals surface area contributed by atoms with E-state index < -0.39 is 11.9 Å². The minimum Gasteiger partial charge on any atom is -0.260 e. The van der Waals surface area contributed by atoms with Crippen LogP contribution >= 0.6 is 0 Å². The van der Waals surface area contributed by atoms with Crippen LogP contribution in [0.1, 0.15) is 74.9 Å². The third kappa shape index (κ3) is 6.15. The zero-order chi connectivity index (χ0) is 22.6. The van der Waals surface area contributed by atoms with Crippen LogP contribution in [0.3, 0.4) is 0 Å².